The fourth-order valence-corrected chi connectivity index (χ4v) is 1.30. The molecule has 0 fully saturated rings. The van der Waals surface area contributed by atoms with Crippen molar-refractivity contribution in [1.82, 2.24) is 0 Å². The predicted molar refractivity (Wildman–Crippen MR) is 50.3 cm³/mol. The van der Waals surface area contributed by atoms with E-state index in [4.69, 9.17) is 5.73 Å². The zero-order valence-electron chi connectivity index (χ0n) is 6.73. The molecule has 2 radical (unpaired) electrons. The van der Waals surface area contributed by atoms with E-state index in [9.17, 15) is 4.79 Å². The van der Waals surface area contributed by atoms with Crippen molar-refractivity contribution >= 4 is 26.3 Å². The first-order chi connectivity index (χ1) is 5.70. The summed E-state index contributed by atoms with van der Waals surface area (Å²) in [6.07, 6.45) is 0.668. The second-order valence-corrected chi connectivity index (χ2v) is 4.32. The molecule has 3 heteroatoms. The van der Waals surface area contributed by atoms with Crippen LogP contribution < -0.4 is 5.73 Å². The zero-order valence-corrected chi connectivity index (χ0v) is 10.0. The van der Waals surface area contributed by atoms with Crippen molar-refractivity contribution in [1.29, 1.82) is 0 Å². The molecule has 0 saturated heterocycles. The third-order valence-electron chi connectivity index (χ3n) is 1.66. The van der Waals surface area contributed by atoms with Crippen LogP contribution in [0.2, 0.25) is 0 Å². The van der Waals surface area contributed by atoms with E-state index in [0.717, 1.165) is 5.56 Å². The molecule has 0 aliphatic heterocycles. The fraction of sp³-hybridized carbons (Fsp3) is 0.222. The number of hydrogen-bond donors (Lipinski definition) is 1. The third-order valence-corrected chi connectivity index (χ3v) is 2.89. The molecule has 0 bridgehead atoms. The monoisotopic (exact) mass is 269 g/mol. The molecule has 2 nitrogen and oxygen atoms in total. The summed E-state index contributed by atoms with van der Waals surface area (Å²) in [5.74, 6) is 0. The molecule has 0 saturated carbocycles. The van der Waals surface area contributed by atoms with Crippen molar-refractivity contribution in [2.75, 3.05) is 0 Å². The summed E-state index contributed by atoms with van der Waals surface area (Å²) in [7, 11) is 0. The van der Waals surface area contributed by atoms with Gasteiger partial charge in [0.15, 0.2) is 0 Å². The van der Waals surface area contributed by atoms with E-state index in [2.05, 4.69) is 0 Å². The van der Waals surface area contributed by atoms with Crippen LogP contribution in [0.4, 0.5) is 0 Å². The Hall–Kier alpha value is -0.351. The van der Waals surface area contributed by atoms with Gasteiger partial charge in [-0.2, -0.15) is 0 Å². The normalized spacial score (nSPS) is 12.5. The molecule has 0 spiro atoms. The van der Waals surface area contributed by atoms with Crippen LogP contribution in [-0.4, -0.2) is 32.4 Å². The van der Waals surface area contributed by atoms with E-state index >= 15 is 0 Å². The number of carbonyl (C=O) groups is 1. The van der Waals surface area contributed by atoms with Gasteiger partial charge in [-0.3, -0.25) is 0 Å². The quantitative estimate of drug-likeness (QED) is 0.783. The van der Waals surface area contributed by atoms with Gasteiger partial charge in [-0.25, -0.2) is 0 Å². The number of nitrogens with two attached hydrogens (primary N) is 1. The molecule has 12 heavy (non-hydrogen) atoms. The predicted octanol–water partition coefficient (Wildman–Crippen LogP) is -0.0162. The van der Waals surface area contributed by atoms with Gasteiger partial charge in [-0.15, -0.1) is 0 Å². The van der Waals surface area contributed by atoms with Gasteiger partial charge >= 0.3 is 85.2 Å². The maximum absolute atomic E-state index is 10.9. The minimum absolute atomic E-state index is 0.171. The van der Waals surface area contributed by atoms with E-state index < -0.39 is 0 Å². The van der Waals surface area contributed by atoms with Crippen LogP contribution in [0.15, 0.2) is 30.3 Å². The number of benzene rings is 1. The van der Waals surface area contributed by atoms with E-state index in [-0.39, 0.29) is 9.84 Å². The number of rotatable bonds is 3. The first-order valence-electron chi connectivity index (χ1n) is 3.79. The van der Waals surface area contributed by atoms with E-state index in [1.807, 2.05) is 30.3 Å². The summed E-state index contributed by atoms with van der Waals surface area (Å²) in [6.45, 7) is 0. The second-order valence-electron chi connectivity index (χ2n) is 2.70. The van der Waals surface area contributed by atoms with Crippen LogP contribution in [0.5, 0.6) is 0 Å². The van der Waals surface area contributed by atoms with Crippen LogP contribution in [0.3, 0.4) is 0 Å². The van der Waals surface area contributed by atoms with Crippen LogP contribution >= 0.6 is 0 Å². The molecule has 0 aromatic heterocycles. The van der Waals surface area contributed by atoms with Crippen molar-refractivity contribution in [2.24, 2.45) is 5.73 Å². The van der Waals surface area contributed by atoms with Gasteiger partial charge in [-0.05, 0) is 0 Å². The molecule has 0 amide bonds. The molecule has 1 atom stereocenters. The summed E-state index contributed by atoms with van der Waals surface area (Å²) in [6, 6.07) is 9.55. The Morgan fingerprint density at radius 2 is 2.00 bits per heavy atom. The van der Waals surface area contributed by atoms with Gasteiger partial charge in [0.05, 0.1) is 0 Å². The van der Waals surface area contributed by atoms with Gasteiger partial charge < -0.3 is 0 Å². The van der Waals surface area contributed by atoms with E-state index in [0.29, 0.717) is 28.9 Å². The topological polar surface area (TPSA) is 43.1 Å². The molecule has 2 N–H and O–H groups in total. The SMILES string of the molecule is N[C@@H](Cc1ccccc1)[C](=O)[SnH]. The Morgan fingerprint density at radius 3 is 2.50 bits per heavy atom. The number of hydrogen-bond acceptors (Lipinski definition) is 2. The second kappa shape index (κ2) is 4.62. The van der Waals surface area contributed by atoms with E-state index in [1.165, 1.54) is 0 Å². The molecular formula is C9H11NOSn. The standard InChI is InChI=1S/C9H10NO.Sn.H/c10-9(7-11)6-8-4-2-1-3-5-8;;/h1-5,9H,6,10H2;;/t9-;;/m0../s1. The summed E-state index contributed by atoms with van der Waals surface area (Å²) in [5.41, 5.74) is 6.76. The molecule has 0 unspecified atom stereocenters. The zero-order chi connectivity index (χ0) is 8.97. The minimum atomic E-state index is -0.296. The van der Waals surface area contributed by atoms with Crippen LogP contribution in [0.1, 0.15) is 5.56 Å². The van der Waals surface area contributed by atoms with Crippen LogP contribution in [-0.2, 0) is 11.2 Å². The van der Waals surface area contributed by atoms with Crippen molar-refractivity contribution in [2.45, 2.75) is 12.5 Å². The van der Waals surface area contributed by atoms with Gasteiger partial charge in [0, 0.05) is 0 Å². The van der Waals surface area contributed by atoms with Gasteiger partial charge in [0.1, 0.15) is 0 Å². The molecule has 62 valence electrons. The summed E-state index contributed by atoms with van der Waals surface area (Å²) >= 11 is 0.612. The molecule has 0 heterocycles. The number of carbonyl (C=O) groups excluding carboxylic acids is 1. The molecule has 1 aromatic rings. The molecular weight excluding hydrogens is 257 g/mol. The average molecular weight is 268 g/mol. The molecule has 0 aliphatic carbocycles. The van der Waals surface area contributed by atoms with Gasteiger partial charge in [0.2, 0.25) is 0 Å². The van der Waals surface area contributed by atoms with E-state index in [1.54, 1.807) is 0 Å². The van der Waals surface area contributed by atoms with Crippen molar-refractivity contribution in [3.05, 3.63) is 35.9 Å². The first-order valence-corrected chi connectivity index (χ1v) is 5.44. The maximum atomic E-state index is 10.9. The van der Waals surface area contributed by atoms with Crippen molar-refractivity contribution < 1.29 is 4.79 Å². The Balaban J connectivity index is 2.58. The first kappa shape index (κ1) is 9.73. The summed E-state index contributed by atoms with van der Waals surface area (Å²) in [5, 5.41) is 0. The molecule has 1 aromatic carbocycles. The fourth-order valence-electron chi connectivity index (χ4n) is 0.969. The van der Waals surface area contributed by atoms with Crippen molar-refractivity contribution in [3.63, 3.8) is 0 Å². The molecule has 1 rings (SSSR count). The Morgan fingerprint density at radius 1 is 1.42 bits per heavy atom. The third kappa shape index (κ3) is 2.95. The van der Waals surface area contributed by atoms with Crippen LogP contribution in [0, 0.1) is 0 Å². The Labute approximate surface area is 85.2 Å². The van der Waals surface area contributed by atoms with Crippen LogP contribution in [0.25, 0.3) is 0 Å². The summed E-state index contributed by atoms with van der Waals surface area (Å²) < 4.78 is 0.171. The van der Waals surface area contributed by atoms with Gasteiger partial charge in [-0.1, -0.05) is 0 Å². The Bertz CT molecular complexity index is 260. The van der Waals surface area contributed by atoms with Gasteiger partial charge in [0.25, 0.3) is 0 Å². The molecule has 0 aliphatic rings. The Kier molecular flexibility index (Phi) is 3.75. The average Bonchev–Trinajstić information content (AvgIpc) is 2.06. The van der Waals surface area contributed by atoms with Crippen molar-refractivity contribution in [3.8, 4) is 0 Å². The summed E-state index contributed by atoms with van der Waals surface area (Å²) in [4.78, 5) is 10.9.